The van der Waals surface area contributed by atoms with Crippen LogP contribution in [0.2, 0.25) is 0 Å². The van der Waals surface area contributed by atoms with Gasteiger partial charge < -0.3 is 14.7 Å². The van der Waals surface area contributed by atoms with E-state index >= 15 is 0 Å². The first-order valence-corrected chi connectivity index (χ1v) is 8.14. The van der Waals surface area contributed by atoms with Crippen molar-refractivity contribution in [2.24, 2.45) is 0 Å². The third-order valence-electron chi connectivity index (χ3n) is 4.62. The number of carboxylic acid groups (broad SMARTS) is 1. The average molecular weight is 319 g/mol. The predicted molar refractivity (Wildman–Crippen MR) is 87.3 cm³/mol. The van der Waals surface area contributed by atoms with Crippen LogP contribution in [-0.4, -0.2) is 47.7 Å². The molecule has 1 aliphatic rings. The maximum absolute atomic E-state index is 12.7. The maximum atomic E-state index is 12.7. The summed E-state index contributed by atoms with van der Waals surface area (Å²) in [6, 6.07) is 9.73. The molecule has 3 atom stereocenters. The molecule has 3 unspecified atom stereocenters. The highest BCUT2D eigenvalue weighted by molar-refractivity contribution is 5.79. The fraction of sp³-hybridized carbons (Fsp3) is 0.556. The van der Waals surface area contributed by atoms with Crippen molar-refractivity contribution in [2.45, 2.75) is 50.7 Å². The first kappa shape index (κ1) is 17.5. The lowest BCUT2D eigenvalue weighted by Gasteiger charge is -2.25. The normalized spacial score (nSPS) is 22.1. The summed E-state index contributed by atoms with van der Waals surface area (Å²) in [4.78, 5) is 25.5. The molecule has 0 saturated carbocycles. The zero-order valence-electron chi connectivity index (χ0n) is 13.8. The molecule has 1 fully saturated rings. The van der Waals surface area contributed by atoms with Crippen LogP contribution in [0.4, 0.5) is 0 Å². The Kier molecular flexibility index (Phi) is 6.16. The first-order chi connectivity index (χ1) is 11.0. The highest BCUT2D eigenvalue weighted by Gasteiger charge is 2.36. The second-order valence-corrected chi connectivity index (χ2v) is 6.11. The van der Waals surface area contributed by atoms with Crippen LogP contribution >= 0.6 is 0 Å². The molecular formula is C18H25NO4. The van der Waals surface area contributed by atoms with Gasteiger partial charge in [0.2, 0.25) is 5.91 Å². The lowest BCUT2D eigenvalue weighted by atomic mass is 9.92. The summed E-state index contributed by atoms with van der Waals surface area (Å²) in [7, 11) is 1.61. The summed E-state index contributed by atoms with van der Waals surface area (Å²) in [5.41, 5.74) is 1.15. The van der Waals surface area contributed by atoms with E-state index in [1.54, 1.807) is 12.0 Å². The lowest BCUT2D eigenvalue weighted by Crippen LogP contribution is -2.38. The molecule has 1 amide bonds. The van der Waals surface area contributed by atoms with E-state index in [1.807, 2.05) is 30.3 Å². The second-order valence-electron chi connectivity index (χ2n) is 6.11. The van der Waals surface area contributed by atoms with Crippen LogP contribution in [0, 0.1) is 0 Å². The Balaban J connectivity index is 2.06. The van der Waals surface area contributed by atoms with Crippen LogP contribution in [0.15, 0.2) is 30.3 Å². The summed E-state index contributed by atoms with van der Waals surface area (Å²) in [5, 5.41) is 9.06. The monoisotopic (exact) mass is 319 g/mol. The minimum Gasteiger partial charge on any atom is -0.481 e. The molecule has 2 rings (SSSR count). The Morgan fingerprint density at radius 3 is 2.61 bits per heavy atom. The van der Waals surface area contributed by atoms with Gasteiger partial charge in [-0.05, 0) is 24.3 Å². The minimum atomic E-state index is -0.875. The third-order valence-corrected chi connectivity index (χ3v) is 4.62. The van der Waals surface area contributed by atoms with Gasteiger partial charge in [0, 0.05) is 26.1 Å². The summed E-state index contributed by atoms with van der Waals surface area (Å²) >= 11 is 0. The SMILES string of the molecule is CCC(CC(=O)N1CC(OC)CC1CC(=O)O)c1ccccc1. The smallest absolute Gasteiger partial charge is 0.305 e. The van der Waals surface area contributed by atoms with Crippen LogP contribution < -0.4 is 0 Å². The average Bonchev–Trinajstić information content (AvgIpc) is 2.95. The number of benzene rings is 1. The van der Waals surface area contributed by atoms with Gasteiger partial charge in [0.25, 0.3) is 0 Å². The number of hydrogen-bond donors (Lipinski definition) is 1. The van der Waals surface area contributed by atoms with Gasteiger partial charge in [-0.15, -0.1) is 0 Å². The number of carbonyl (C=O) groups excluding carboxylic acids is 1. The summed E-state index contributed by atoms with van der Waals surface area (Å²) in [6.07, 6.45) is 1.79. The Labute approximate surface area is 137 Å². The zero-order chi connectivity index (χ0) is 16.8. The molecule has 0 aromatic heterocycles. The van der Waals surface area contributed by atoms with E-state index in [9.17, 15) is 9.59 Å². The summed E-state index contributed by atoms with van der Waals surface area (Å²) in [6.45, 7) is 2.56. The Morgan fingerprint density at radius 2 is 2.04 bits per heavy atom. The molecule has 23 heavy (non-hydrogen) atoms. The van der Waals surface area contributed by atoms with Gasteiger partial charge in [-0.3, -0.25) is 9.59 Å². The largest absolute Gasteiger partial charge is 0.481 e. The van der Waals surface area contributed by atoms with Gasteiger partial charge in [0.05, 0.1) is 12.5 Å². The quantitative estimate of drug-likeness (QED) is 0.839. The topological polar surface area (TPSA) is 66.8 Å². The van der Waals surface area contributed by atoms with Crippen molar-refractivity contribution in [1.29, 1.82) is 0 Å². The number of likely N-dealkylation sites (tertiary alicyclic amines) is 1. The number of carbonyl (C=O) groups is 2. The number of hydrogen-bond acceptors (Lipinski definition) is 3. The summed E-state index contributed by atoms with van der Waals surface area (Å²) in [5.74, 6) is -0.693. The van der Waals surface area contributed by atoms with Crippen LogP contribution in [-0.2, 0) is 14.3 Å². The van der Waals surface area contributed by atoms with Crippen molar-refractivity contribution in [3.8, 4) is 0 Å². The first-order valence-electron chi connectivity index (χ1n) is 8.14. The van der Waals surface area contributed by atoms with Crippen LogP contribution in [0.25, 0.3) is 0 Å². The number of carboxylic acids is 1. The van der Waals surface area contributed by atoms with Crippen molar-refractivity contribution in [3.05, 3.63) is 35.9 Å². The number of ether oxygens (including phenoxy) is 1. The zero-order valence-corrected chi connectivity index (χ0v) is 13.8. The minimum absolute atomic E-state index is 0.0199. The van der Waals surface area contributed by atoms with Gasteiger partial charge in [0.1, 0.15) is 0 Å². The van der Waals surface area contributed by atoms with Gasteiger partial charge in [-0.25, -0.2) is 0 Å². The van der Waals surface area contributed by atoms with Crippen molar-refractivity contribution in [1.82, 2.24) is 4.90 Å². The lowest BCUT2D eigenvalue weighted by molar-refractivity contribution is -0.140. The fourth-order valence-corrected chi connectivity index (χ4v) is 3.30. The molecule has 0 radical (unpaired) electrons. The molecule has 1 aromatic rings. The number of rotatable bonds is 7. The molecule has 0 spiro atoms. The molecule has 1 aromatic carbocycles. The standard InChI is InChI=1S/C18H25NO4/c1-3-13(14-7-5-4-6-8-14)9-17(20)19-12-16(23-2)10-15(19)11-18(21)22/h4-8,13,15-16H,3,9-12H2,1-2H3,(H,21,22). The molecule has 1 N–H and O–H groups in total. The molecule has 1 heterocycles. The van der Waals surface area contributed by atoms with Crippen molar-refractivity contribution in [2.75, 3.05) is 13.7 Å². The maximum Gasteiger partial charge on any atom is 0.305 e. The molecular weight excluding hydrogens is 294 g/mol. The van der Waals surface area contributed by atoms with Crippen molar-refractivity contribution in [3.63, 3.8) is 0 Å². The molecule has 0 aliphatic carbocycles. The van der Waals surface area contributed by atoms with E-state index in [-0.39, 0.29) is 30.4 Å². The van der Waals surface area contributed by atoms with Gasteiger partial charge in [0.15, 0.2) is 0 Å². The highest BCUT2D eigenvalue weighted by Crippen LogP contribution is 2.28. The van der Waals surface area contributed by atoms with Crippen LogP contribution in [0.3, 0.4) is 0 Å². The molecule has 5 heteroatoms. The van der Waals surface area contributed by atoms with Gasteiger partial charge in [-0.2, -0.15) is 0 Å². The van der Waals surface area contributed by atoms with E-state index in [2.05, 4.69) is 6.92 Å². The molecule has 1 aliphatic heterocycles. The fourth-order valence-electron chi connectivity index (χ4n) is 3.30. The molecule has 1 saturated heterocycles. The second kappa shape index (κ2) is 8.11. The van der Waals surface area contributed by atoms with E-state index in [1.165, 1.54) is 0 Å². The molecule has 126 valence electrons. The molecule has 5 nitrogen and oxygen atoms in total. The van der Waals surface area contributed by atoms with Crippen molar-refractivity contribution < 1.29 is 19.4 Å². The highest BCUT2D eigenvalue weighted by atomic mass is 16.5. The number of methoxy groups -OCH3 is 1. The van der Waals surface area contributed by atoms with Crippen LogP contribution in [0.1, 0.15) is 44.1 Å². The van der Waals surface area contributed by atoms with Gasteiger partial charge in [-0.1, -0.05) is 37.3 Å². The summed E-state index contributed by atoms with van der Waals surface area (Å²) < 4.78 is 5.33. The Hall–Kier alpha value is -1.88. The number of aliphatic carboxylic acids is 1. The van der Waals surface area contributed by atoms with E-state index in [0.29, 0.717) is 19.4 Å². The van der Waals surface area contributed by atoms with E-state index in [4.69, 9.17) is 9.84 Å². The number of nitrogens with zero attached hydrogens (tertiary/aromatic N) is 1. The Morgan fingerprint density at radius 1 is 1.35 bits per heavy atom. The van der Waals surface area contributed by atoms with Gasteiger partial charge >= 0.3 is 5.97 Å². The molecule has 0 bridgehead atoms. The number of amides is 1. The van der Waals surface area contributed by atoms with Crippen LogP contribution in [0.5, 0.6) is 0 Å². The Bertz CT molecular complexity index is 531. The van der Waals surface area contributed by atoms with E-state index in [0.717, 1.165) is 12.0 Å². The third kappa shape index (κ3) is 4.55. The predicted octanol–water partition coefficient (Wildman–Crippen LogP) is 2.66. The van der Waals surface area contributed by atoms with E-state index < -0.39 is 5.97 Å². The van der Waals surface area contributed by atoms with Crippen molar-refractivity contribution >= 4 is 11.9 Å².